The van der Waals surface area contributed by atoms with E-state index in [0.717, 1.165) is 56.6 Å². The SMILES string of the molecule is c1ccc(CN2CCC[C@@H](Nc3nccc(N4CCCCCC4)n3)C2)nc1. The Morgan fingerprint density at radius 2 is 1.81 bits per heavy atom. The summed E-state index contributed by atoms with van der Waals surface area (Å²) in [5, 5.41) is 3.58. The second kappa shape index (κ2) is 9.13. The van der Waals surface area contributed by atoms with Gasteiger partial charge in [-0.15, -0.1) is 0 Å². The maximum absolute atomic E-state index is 4.81. The third-order valence-electron chi connectivity index (χ3n) is 5.52. The Bertz CT molecular complexity index is 699. The molecule has 0 aromatic carbocycles. The Morgan fingerprint density at radius 1 is 0.926 bits per heavy atom. The van der Waals surface area contributed by atoms with Crippen LogP contribution < -0.4 is 10.2 Å². The lowest BCUT2D eigenvalue weighted by molar-refractivity contribution is 0.206. The Hall–Kier alpha value is -2.21. The van der Waals surface area contributed by atoms with Gasteiger partial charge in [0.25, 0.3) is 0 Å². The largest absolute Gasteiger partial charge is 0.356 e. The number of hydrogen-bond donors (Lipinski definition) is 1. The molecule has 1 N–H and O–H groups in total. The fourth-order valence-corrected chi connectivity index (χ4v) is 4.11. The minimum absolute atomic E-state index is 0.391. The van der Waals surface area contributed by atoms with Gasteiger partial charge in [0.05, 0.1) is 5.69 Å². The molecular weight excluding hydrogens is 336 g/mol. The fourth-order valence-electron chi connectivity index (χ4n) is 4.11. The Balaban J connectivity index is 1.36. The molecule has 2 aliphatic rings. The van der Waals surface area contributed by atoms with Crippen LogP contribution in [0.1, 0.15) is 44.2 Å². The molecule has 1 atom stereocenters. The molecule has 6 heteroatoms. The molecule has 0 spiro atoms. The number of pyridine rings is 1. The van der Waals surface area contributed by atoms with Crippen LogP contribution in [-0.4, -0.2) is 52.1 Å². The van der Waals surface area contributed by atoms with Crippen molar-refractivity contribution in [3.8, 4) is 0 Å². The highest BCUT2D eigenvalue weighted by Gasteiger charge is 2.21. The van der Waals surface area contributed by atoms with Crippen molar-refractivity contribution in [2.24, 2.45) is 0 Å². The summed E-state index contributed by atoms with van der Waals surface area (Å²) in [5.74, 6) is 1.83. The lowest BCUT2D eigenvalue weighted by Crippen LogP contribution is -2.42. The van der Waals surface area contributed by atoms with E-state index in [4.69, 9.17) is 4.98 Å². The summed E-state index contributed by atoms with van der Waals surface area (Å²) in [6.45, 7) is 5.26. The van der Waals surface area contributed by atoms with E-state index in [1.807, 2.05) is 24.5 Å². The summed E-state index contributed by atoms with van der Waals surface area (Å²) >= 11 is 0. The number of nitrogens with one attached hydrogen (secondary N) is 1. The summed E-state index contributed by atoms with van der Waals surface area (Å²) < 4.78 is 0. The number of piperidine rings is 1. The molecule has 144 valence electrons. The first-order valence-corrected chi connectivity index (χ1v) is 10.3. The number of rotatable bonds is 5. The summed E-state index contributed by atoms with van der Waals surface area (Å²) in [4.78, 5) is 18.6. The molecular formula is C21H30N6. The first kappa shape index (κ1) is 18.2. The van der Waals surface area contributed by atoms with Gasteiger partial charge in [0.1, 0.15) is 5.82 Å². The third kappa shape index (κ3) is 5.16. The third-order valence-corrected chi connectivity index (χ3v) is 5.52. The maximum Gasteiger partial charge on any atom is 0.224 e. The number of nitrogens with zero attached hydrogens (tertiary/aromatic N) is 5. The van der Waals surface area contributed by atoms with Gasteiger partial charge in [0, 0.05) is 44.6 Å². The first-order valence-electron chi connectivity index (χ1n) is 10.3. The van der Waals surface area contributed by atoms with Crippen LogP contribution >= 0.6 is 0 Å². The molecule has 0 bridgehead atoms. The lowest BCUT2D eigenvalue weighted by Gasteiger charge is -2.33. The van der Waals surface area contributed by atoms with E-state index in [9.17, 15) is 0 Å². The molecule has 0 saturated carbocycles. The van der Waals surface area contributed by atoms with E-state index in [1.165, 1.54) is 32.1 Å². The quantitative estimate of drug-likeness (QED) is 0.876. The van der Waals surface area contributed by atoms with Crippen LogP contribution in [0.5, 0.6) is 0 Å². The molecule has 2 saturated heterocycles. The van der Waals surface area contributed by atoms with Gasteiger partial charge in [-0.25, -0.2) is 4.98 Å². The number of hydrogen-bond acceptors (Lipinski definition) is 6. The summed E-state index contributed by atoms with van der Waals surface area (Å²) in [7, 11) is 0. The lowest BCUT2D eigenvalue weighted by atomic mass is 10.1. The monoisotopic (exact) mass is 366 g/mol. The molecule has 0 aliphatic carbocycles. The van der Waals surface area contributed by atoms with Gasteiger partial charge >= 0.3 is 0 Å². The number of aromatic nitrogens is 3. The van der Waals surface area contributed by atoms with Crippen molar-refractivity contribution < 1.29 is 0 Å². The first-order chi connectivity index (χ1) is 13.4. The maximum atomic E-state index is 4.81. The van der Waals surface area contributed by atoms with Crippen molar-refractivity contribution >= 4 is 11.8 Å². The average Bonchev–Trinajstić information content (AvgIpc) is 2.99. The molecule has 0 radical (unpaired) electrons. The molecule has 6 nitrogen and oxygen atoms in total. The predicted molar refractivity (Wildman–Crippen MR) is 109 cm³/mol. The van der Waals surface area contributed by atoms with Crippen molar-refractivity contribution in [3.05, 3.63) is 42.4 Å². The van der Waals surface area contributed by atoms with E-state index in [0.29, 0.717) is 6.04 Å². The highest BCUT2D eigenvalue weighted by molar-refractivity contribution is 5.43. The van der Waals surface area contributed by atoms with Crippen molar-refractivity contribution in [1.29, 1.82) is 0 Å². The zero-order valence-electron chi connectivity index (χ0n) is 16.1. The highest BCUT2D eigenvalue weighted by Crippen LogP contribution is 2.20. The molecule has 0 amide bonds. The molecule has 4 rings (SSSR count). The van der Waals surface area contributed by atoms with Crippen LogP contribution in [0, 0.1) is 0 Å². The minimum atomic E-state index is 0.391. The summed E-state index contributed by atoms with van der Waals surface area (Å²) in [6.07, 6.45) is 11.3. The Morgan fingerprint density at radius 3 is 2.63 bits per heavy atom. The Kier molecular flexibility index (Phi) is 6.14. The topological polar surface area (TPSA) is 57.2 Å². The van der Waals surface area contributed by atoms with Crippen LogP contribution in [0.15, 0.2) is 36.7 Å². The van der Waals surface area contributed by atoms with Crippen molar-refractivity contribution in [3.63, 3.8) is 0 Å². The summed E-state index contributed by atoms with van der Waals surface area (Å²) in [6, 6.07) is 8.57. The van der Waals surface area contributed by atoms with Crippen LogP contribution in [0.3, 0.4) is 0 Å². The normalized spacial score (nSPS) is 21.6. The minimum Gasteiger partial charge on any atom is -0.356 e. The van der Waals surface area contributed by atoms with E-state index in [1.54, 1.807) is 0 Å². The molecule has 0 unspecified atom stereocenters. The van der Waals surface area contributed by atoms with Gasteiger partial charge in [-0.2, -0.15) is 4.98 Å². The van der Waals surface area contributed by atoms with Gasteiger partial charge in [-0.3, -0.25) is 9.88 Å². The van der Waals surface area contributed by atoms with Crippen molar-refractivity contribution in [1.82, 2.24) is 19.9 Å². The number of likely N-dealkylation sites (tertiary alicyclic amines) is 1. The van der Waals surface area contributed by atoms with Crippen LogP contribution in [-0.2, 0) is 6.54 Å². The van der Waals surface area contributed by atoms with Crippen molar-refractivity contribution in [2.45, 2.75) is 51.1 Å². The highest BCUT2D eigenvalue weighted by atomic mass is 15.2. The van der Waals surface area contributed by atoms with Gasteiger partial charge in [0.15, 0.2) is 0 Å². The molecule has 4 heterocycles. The van der Waals surface area contributed by atoms with Crippen molar-refractivity contribution in [2.75, 3.05) is 36.4 Å². The molecule has 2 aromatic rings. The van der Waals surface area contributed by atoms with Gasteiger partial charge in [-0.05, 0) is 50.4 Å². The smallest absolute Gasteiger partial charge is 0.224 e. The zero-order valence-corrected chi connectivity index (χ0v) is 16.1. The standard InChI is InChI=1S/C21H30N6/c1-2-6-15-27(14-5-1)20-10-12-23-21(25-20)24-19-9-7-13-26(17-19)16-18-8-3-4-11-22-18/h3-4,8,10-12,19H,1-2,5-7,9,13-17H2,(H,23,24,25)/t19-/m1/s1. The van der Waals surface area contributed by atoms with E-state index < -0.39 is 0 Å². The van der Waals surface area contributed by atoms with Gasteiger partial charge in [-0.1, -0.05) is 18.9 Å². The van der Waals surface area contributed by atoms with Crippen LogP contribution in [0.25, 0.3) is 0 Å². The second-order valence-electron chi connectivity index (χ2n) is 7.68. The molecule has 2 aliphatic heterocycles. The average molecular weight is 367 g/mol. The van der Waals surface area contributed by atoms with E-state index in [-0.39, 0.29) is 0 Å². The second-order valence-corrected chi connectivity index (χ2v) is 7.68. The molecule has 27 heavy (non-hydrogen) atoms. The van der Waals surface area contributed by atoms with E-state index in [2.05, 4.69) is 37.2 Å². The van der Waals surface area contributed by atoms with E-state index >= 15 is 0 Å². The van der Waals surface area contributed by atoms with Gasteiger partial charge in [0.2, 0.25) is 5.95 Å². The zero-order chi connectivity index (χ0) is 18.3. The molecule has 2 fully saturated rings. The fraction of sp³-hybridized carbons (Fsp3) is 0.571. The Labute approximate surface area is 162 Å². The van der Waals surface area contributed by atoms with Crippen LogP contribution in [0.2, 0.25) is 0 Å². The predicted octanol–water partition coefficient (Wildman–Crippen LogP) is 3.33. The van der Waals surface area contributed by atoms with Crippen LogP contribution in [0.4, 0.5) is 11.8 Å². The summed E-state index contributed by atoms with van der Waals surface area (Å²) in [5.41, 5.74) is 1.14. The molecule has 2 aromatic heterocycles. The van der Waals surface area contributed by atoms with Gasteiger partial charge < -0.3 is 10.2 Å². The number of anilines is 2.